The van der Waals surface area contributed by atoms with Crippen LogP contribution in [0.2, 0.25) is 0 Å². The summed E-state index contributed by atoms with van der Waals surface area (Å²) in [5, 5.41) is 3.37. The van der Waals surface area contributed by atoms with Gasteiger partial charge in [-0.15, -0.1) is 6.42 Å². The molecule has 0 saturated carbocycles. The van der Waals surface area contributed by atoms with Gasteiger partial charge in [-0.25, -0.2) is 9.97 Å². The van der Waals surface area contributed by atoms with E-state index >= 15 is 0 Å². The second-order valence-corrected chi connectivity index (χ2v) is 7.35. The van der Waals surface area contributed by atoms with Crippen molar-refractivity contribution in [1.82, 2.24) is 14.9 Å². The number of amides is 1. The summed E-state index contributed by atoms with van der Waals surface area (Å²) in [5.41, 5.74) is 7.81. The van der Waals surface area contributed by atoms with Gasteiger partial charge in [0.1, 0.15) is 29.5 Å². The average molecular weight is 413 g/mol. The molecule has 0 bridgehead atoms. The molecule has 0 spiro atoms. The molecule has 0 radical (unpaired) electrons. The van der Waals surface area contributed by atoms with Crippen LogP contribution in [0.3, 0.4) is 0 Å². The van der Waals surface area contributed by atoms with E-state index in [4.69, 9.17) is 16.9 Å². The molecule has 1 atom stereocenters. The number of nitrogens with one attached hydrogen (secondary N) is 1. The summed E-state index contributed by atoms with van der Waals surface area (Å²) in [4.78, 5) is 21.9. The highest BCUT2D eigenvalue weighted by atomic mass is 16.5. The van der Waals surface area contributed by atoms with Gasteiger partial charge in [-0.2, -0.15) is 0 Å². The Hall–Kier alpha value is -4.05. The molecule has 3 aromatic rings. The zero-order valence-corrected chi connectivity index (χ0v) is 17.0. The van der Waals surface area contributed by atoms with Crippen LogP contribution in [-0.2, 0) is 4.79 Å². The van der Waals surface area contributed by atoms with Crippen molar-refractivity contribution in [1.29, 1.82) is 0 Å². The number of aromatic nitrogens is 2. The van der Waals surface area contributed by atoms with Crippen molar-refractivity contribution in [3.8, 4) is 35.0 Å². The average Bonchev–Trinajstić information content (AvgIpc) is 3.28. The van der Waals surface area contributed by atoms with Crippen LogP contribution in [0.1, 0.15) is 6.42 Å². The molecule has 1 aromatic heterocycles. The number of para-hydroxylation sites is 1. The first kappa shape index (κ1) is 20.2. The van der Waals surface area contributed by atoms with Crippen LogP contribution < -0.4 is 15.8 Å². The Bertz CT molecular complexity index is 1090. The summed E-state index contributed by atoms with van der Waals surface area (Å²) >= 11 is 0. The molecule has 2 aromatic carbocycles. The minimum atomic E-state index is -0.257. The van der Waals surface area contributed by atoms with Crippen molar-refractivity contribution in [3.05, 3.63) is 60.9 Å². The maximum atomic E-state index is 11.7. The maximum absolute atomic E-state index is 11.7. The Kier molecular flexibility index (Phi) is 5.99. The molecule has 1 aliphatic rings. The van der Waals surface area contributed by atoms with Gasteiger partial charge in [0, 0.05) is 19.6 Å². The van der Waals surface area contributed by atoms with Crippen molar-refractivity contribution >= 4 is 17.5 Å². The van der Waals surface area contributed by atoms with Crippen molar-refractivity contribution in [3.63, 3.8) is 0 Å². The Morgan fingerprint density at radius 1 is 1.16 bits per heavy atom. The fourth-order valence-corrected chi connectivity index (χ4v) is 3.65. The molecule has 1 fully saturated rings. The van der Waals surface area contributed by atoms with Crippen molar-refractivity contribution in [2.24, 2.45) is 5.92 Å². The summed E-state index contributed by atoms with van der Waals surface area (Å²) in [7, 11) is 0. The van der Waals surface area contributed by atoms with E-state index in [2.05, 4.69) is 21.2 Å². The van der Waals surface area contributed by atoms with Crippen LogP contribution in [0.5, 0.6) is 11.5 Å². The van der Waals surface area contributed by atoms with E-state index in [0.29, 0.717) is 37.2 Å². The Morgan fingerprint density at radius 3 is 2.65 bits per heavy atom. The highest BCUT2D eigenvalue weighted by Gasteiger charge is 2.25. The van der Waals surface area contributed by atoms with Gasteiger partial charge in [-0.05, 0) is 48.1 Å². The van der Waals surface area contributed by atoms with Crippen LogP contribution >= 0.6 is 0 Å². The zero-order chi connectivity index (χ0) is 21.6. The third kappa shape index (κ3) is 4.75. The highest BCUT2D eigenvalue weighted by molar-refractivity contribution is 5.93. The fraction of sp³-hybridized carbons (Fsp3) is 0.208. The molecular formula is C24H23N5O2. The summed E-state index contributed by atoms with van der Waals surface area (Å²) in [6.45, 7) is 1.97. The summed E-state index contributed by atoms with van der Waals surface area (Å²) in [6.07, 6.45) is 7.55. The number of hydrogen-bond donors (Lipinski definition) is 2. The van der Waals surface area contributed by atoms with Gasteiger partial charge in [0.25, 0.3) is 5.91 Å². The number of carbonyl (C=O) groups excluding carboxylic acids is 1. The highest BCUT2D eigenvalue weighted by Crippen LogP contribution is 2.33. The van der Waals surface area contributed by atoms with Gasteiger partial charge in [0.15, 0.2) is 0 Å². The van der Waals surface area contributed by atoms with E-state index in [9.17, 15) is 4.79 Å². The number of rotatable bonds is 6. The number of benzene rings is 2. The van der Waals surface area contributed by atoms with Gasteiger partial charge in [-0.1, -0.05) is 30.3 Å². The zero-order valence-electron chi connectivity index (χ0n) is 17.0. The molecule has 4 rings (SSSR count). The van der Waals surface area contributed by atoms with E-state index in [0.717, 1.165) is 29.0 Å². The molecule has 31 heavy (non-hydrogen) atoms. The maximum Gasteiger partial charge on any atom is 0.298 e. The largest absolute Gasteiger partial charge is 0.457 e. The first-order valence-corrected chi connectivity index (χ1v) is 10.1. The number of likely N-dealkylation sites (tertiary alicyclic amines) is 1. The smallest absolute Gasteiger partial charge is 0.298 e. The quantitative estimate of drug-likeness (QED) is 0.602. The molecule has 1 saturated heterocycles. The normalized spacial score (nSPS) is 15.3. The van der Waals surface area contributed by atoms with Crippen LogP contribution in [0.15, 0.2) is 60.9 Å². The summed E-state index contributed by atoms with van der Waals surface area (Å²) in [6, 6.07) is 17.2. The van der Waals surface area contributed by atoms with Crippen LogP contribution in [0, 0.1) is 18.3 Å². The monoisotopic (exact) mass is 413 g/mol. The second-order valence-electron chi connectivity index (χ2n) is 7.35. The van der Waals surface area contributed by atoms with Crippen molar-refractivity contribution in [2.75, 3.05) is 30.7 Å². The first-order valence-electron chi connectivity index (χ1n) is 10.1. The number of ether oxygens (including phenoxy) is 1. The fourth-order valence-electron chi connectivity index (χ4n) is 3.65. The van der Waals surface area contributed by atoms with E-state index in [1.54, 1.807) is 4.90 Å². The molecule has 7 heteroatoms. The van der Waals surface area contributed by atoms with E-state index in [1.165, 1.54) is 6.33 Å². The molecular weight excluding hydrogens is 390 g/mol. The minimum Gasteiger partial charge on any atom is -0.457 e. The summed E-state index contributed by atoms with van der Waals surface area (Å²) < 4.78 is 5.86. The van der Waals surface area contributed by atoms with Crippen molar-refractivity contribution < 1.29 is 9.53 Å². The lowest BCUT2D eigenvalue weighted by atomic mass is 10.1. The Morgan fingerprint density at radius 2 is 1.90 bits per heavy atom. The van der Waals surface area contributed by atoms with Gasteiger partial charge in [-0.3, -0.25) is 4.79 Å². The lowest BCUT2D eigenvalue weighted by Crippen LogP contribution is -2.28. The molecule has 0 aliphatic carbocycles. The van der Waals surface area contributed by atoms with Crippen LogP contribution in [-0.4, -0.2) is 40.4 Å². The number of nitrogen functional groups attached to an aromatic ring is 1. The lowest BCUT2D eigenvalue weighted by molar-refractivity contribution is -0.124. The predicted octanol–water partition coefficient (Wildman–Crippen LogP) is 3.41. The minimum absolute atomic E-state index is 0.257. The molecule has 1 amide bonds. The van der Waals surface area contributed by atoms with E-state index in [-0.39, 0.29) is 5.91 Å². The van der Waals surface area contributed by atoms with Gasteiger partial charge >= 0.3 is 0 Å². The van der Waals surface area contributed by atoms with Crippen LogP contribution in [0.4, 0.5) is 11.6 Å². The second kappa shape index (κ2) is 9.18. The predicted molar refractivity (Wildman–Crippen MR) is 120 cm³/mol. The Labute approximate surface area is 181 Å². The standard InChI is InChI=1S/C24H23N5O2/c1-2-21(30)29-13-12-17(15-29)14-26-24-22(23(25)27-16-28-24)18-8-10-20(11-9-18)31-19-6-4-3-5-7-19/h1,3-11,16-17H,12-15H2,(H3,25,26,27,28). The number of nitrogens with two attached hydrogens (primary N) is 1. The molecule has 1 unspecified atom stereocenters. The SMILES string of the molecule is C#CC(=O)N1CCC(CNc2ncnc(N)c2-c2ccc(Oc3ccccc3)cc2)C1. The van der Waals surface area contributed by atoms with E-state index < -0.39 is 0 Å². The molecule has 3 N–H and O–H groups in total. The number of carbonyl (C=O) groups is 1. The van der Waals surface area contributed by atoms with Gasteiger partial charge < -0.3 is 20.7 Å². The Balaban J connectivity index is 1.47. The number of hydrogen-bond acceptors (Lipinski definition) is 6. The van der Waals surface area contributed by atoms with Gasteiger partial charge in [0.05, 0.1) is 5.56 Å². The number of anilines is 2. The third-order valence-corrected chi connectivity index (χ3v) is 5.25. The third-order valence-electron chi connectivity index (χ3n) is 5.25. The van der Waals surface area contributed by atoms with Crippen molar-refractivity contribution in [2.45, 2.75) is 6.42 Å². The topological polar surface area (TPSA) is 93.4 Å². The number of terminal acetylenes is 1. The molecule has 1 aliphatic heterocycles. The molecule has 2 heterocycles. The summed E-state index contributed by atoms with van der Waals surface area (Å²) in [5.74, 6) is 4.77. The molecule has 156 valence electrons. The first-order chi connectivity index (χ1) is 15.1. The van der Waals surface area contributed by atoms with Crippen LogP contribution in [0.25, 0.3) is 11.1 Å². The number of nitrogens with zero attached hydrogens (tertiary/aromatic N) is 3. The van der Waals surface area contributed by atoms with E-state index in [1.807, 2.05) is 54.6 Å². The molecule has 7 nitrogen and oxygen atoms in total. The lowest BCUT2D eigenvalue weighted by Gasteiger charge is -2.16. The van der Waals surface area contributed by atoms with Gasteiger partial charge in [0.2, 0.25) is 0 Å².